The van der Waals surface area contributed by atoms with Gasteiger partial charge in [-0.25, -0.2) is 0 Å². The zero-order valence-electron chi connectivity index (χ0n) is 7.98. The van der Waals surface area contributed by atoms with Crippen molar-refractivity contribution >= 4 is 106 Å². The summed E-state index contributed by atoms with van der Waals surface area (Å²) in [5, 5.41) is 1.39. The zero-order valence-corrected chi connectivity index (χ0v) is 11.0. The van der Waals surface area contributed by atoms with E-state index in [0.29, 0.717) is 10.0 Å². The molecule has 0 saturated heterocycles. The van der Waals surface area contributed by atoms with Crippen LogP contribution in [0.25, 0.3) is 11.1 Å². The van der Waals surface area contributed by atoms with E-state index in [-0.39, 0.29) is 69.2 Å². The quantitative estimate of drug-likeness (QED) is 0.402. The molecule has 86 valence electrons. The van der Waals surface area contributed by atoms with Gasteiger partial charge in [0.05, 0.1) is 20.1 Å². The summed E-state index contributed by atoms with van der Waals surface area (Å²) < 4.78 is 0. The Hall–Kier alpha value is 1.60. The molecule has 0 bridgehead atoms. The fourth-order valence-corrected chi connectivity index (χ4v) is 2.31. The fourth-order valence-electron chi connectivity index (χ4n) is 1.40. The molecule has 0 aromatic heterocycles. The average Bonchev–Trinajstić information content (AvgIpc) is 2.32. The Morgan fingerprint density at radius 1 is 0.667 bits per heavy atom. The third kappa shape index (κ3) is 4.30. The molecule has 0 aliphatic carbocycles. The Bertz CT molecular complexity index is 529. The number of halogens is 4. The van der Waals surface area contributed by atoms with Crippen molar-refractivity contribution in [3.63, 3.8) is 0 Å². The van der Waals surface area contributed by atoms with Gasteiger partial charge in [0.25, 0.3) is 0 Å². The minimum absolute atomic E-state index is 0. The van der Waals surface area contributed by atoms with Crippen molar-refractivity contribution in [3.05, 3.63) is 56.5 Å². The topological polar surface area (TPSA) is 0 Å². The standard InChI is InChI=1S/C12H6Cl4.2Na.2H/c13-9-6-8(7-4-2-1-3-5-7)10(14)12(16)11(9)15;;;;/h1-6H;;;;. The van der Waals surface area contributed by atoms with E-state index in [9.17, 15) is 0 Å². The van der Waals surface area contributed by atoms with Gasteiger partial charge in [0, 0.05) is 5.56 Å². The molecular formula is C12H8Cl4Na2. The molecule has 0 spiro atoms. The van der Waals surface area contributed by atoms with Crippen molar-refractivity contribution in [2.45, 2.75) is 0 Å². The van der Waals surface area contributed by atoms with E-state index in [0.717, 1.165) is 11.1 Å². The van der Waals surface area contributed by atoms with E-state index in [1.807, 2.05) is 30.3 Å². The first kappa shape index (κ1) is 19.6. The van der Waals surface area contributed by atoms with E-state index >= 15 is 0 Å². The Balaban J connectivity index is 0.00000144. The van der Waals surface area contributed by atoms with Crippen LogP contribution in [0.4, 0.5) is 0 Å². The molecule has 2 aromatic carbocycles. The second-order valence-corrected chi connectivity index (χ2v) is 4.76. The zero-order chi connectivity index (χ0) is 11.7. The van der Waals surface area contributed by atoms with Crippen LogP contribution in [0.2, 0.25) is 20.1 Å². The molecule has 0 unspecified atom stereocenters. The summed E-state index contributed by atoms with van der Waals surface area (Å²) in [5.41, 5.74) is 1.73. The number of benzene rings is 2. The Morgan fingerprint density at radius 2 is 1.22 bits per heavy atom. The summed E-state index contributed by atoms with van der Waals surface area (Å²) >= 11 is 24.0. The van der Waals surface area contributed by atoms with Crippen molar-refractivity contribution in [1.82, 2.24) is 0 Å². The summed E-state index contributed by atoms with van der Waals surface area (Å²) in [6, 6.07) is 11.3. The summed E-state index contributed by atoms with van der Waals surface area (Å²) in [6.45, 7) is 0. The fraction of sp³-hybridized carbons (Fsp3) is 0. The molecule has 18 heavy (non-hydrogen) atoms. The predicted molar refractivity (Wildman–Crippen MR) is 86.2 cm³/mol. The normalized spacial score (nSPS) is 9.33. The molecule has 0 aliphatic heterocycles. The maximum atomic E-state index is 6.13. The molecule has 0 saturated carbocycles. The van der Waals surface area contributed by atoms with Crippen LogP contribution >= 0.6 is 46.4 Å². The summed E-state index contributed by atoms with van der Waals surface area (Å²) in [5.74, 6) is 0. The molecule has 0 N–H and O–H groups in total. The molecular weight excluding hydrogens is 332 g/mol. The van der Waals surface area contributed by atoms with Gasteiger partial charge in [-0.2, -0.15) is 0 Å². The number of rotatable bonds is 1. The van der Waals surface area contributed by atoms with Gasteiger partial charge in [-0.1, -0.05) is 76.7 Å². The van der Waals surface area contributed by atoms with Gasteiger partial charge in [0.1, 0.15) is 0 Å². The van der Waals surface area contributed by atoms with Crippen molar-refractivity contribution in [1.29, 1.82) is 0 Å². The van der Waals surface area contributed by atoms with Crippen LogP contribution in [-0.4, -0.2) is 59.1 Å². The van der Waals surface area contributed by atoms with Gasteiger partial charge in [-0.05, 0) is 11.6 Å². The van der Waals surface area contributed by atoms with Crippen LogP contribution in [0.15, 0.2) is 36.4 Å². The van der Waals surface area contributed by atoms with Crippen molar-refractivity contribution in [2.24, 2.45) is 0 Å². The summed E-state index contributed by atoms with van der Waals surface area (Å²) in [4.78, 5) is 0. The number of hydrogen-bond donors (Lipinski definition) is 0. The van der Waals surface area contributed by atoms with Crippen LogP contribution in [0, 0.1) is 0 Å². The molecule has 2 rings (SSSR count). The predicted octanol–water partition coefficient (Wildman–Crippen LogP) is 4.67. The van der Waals surface area contributed by atoms with E-state index in [4.69, 9.17) is 46.4 Å². The van der Waals surface area contributed by atoms with Crippen LogP contribution in [-0.2, 0) is 0 Å². The van der Waals surface area contributed by atoms with Crippen molar-refractivity contribution in [2.75, 3.05) is 0 Å². The van der Waals surface area contributed by atoms with Gasteiger partial charge in [-0.3, -0.25) is 0 Å². The molecule has 0 aliphatic rings. The maximum absolute atomic E-state index is 6.13. The van der Waals surface area contributed by atoms with Crippen LogP contribution in [0.3, 0.4) is 0 Å². The van der Waals surface area contributed by atoms with E-state index in [1.54, 1.807) is 6.07 Å². The average molecular weight is 340 g/mol. The van der Waals surface area contributed by atoms with Gasteiger partial charge in [0.2, 0.25) is 0 Å². The first-order valence-corrected chi connectivity index (χ1v) is 6.01. The van der Waals surface area contributed by atoms with E-state index in [1.165, 1.54) is 0 Å². The first-order valence-electron chi connectivity index (χ1n) is 4.49. The SMILES string of the molecule is Clc1cc(-c2ccccc2)c(Cl)c(Cl)c1Cl.[NaH].[NaH]. The van der Waals surface area contributed by atoms with Crippen LogP contribution in [0.5, 0.6) is 0 Å². The molecule has 0 atom stereocenters. The first-order chi connectivity index (χ1) is 7.61. The number of hydrogen-bond acceptors (Lipinski definition) is 0. The van der Waals surface area contributed by atoms with Crippen LogP contribution in [0.1, 0.15) is 0 Å². The second-order valence-electron chi connectivity index (χ2n) is 3.21. The van der Waals surface area contributed by atoms with Gasteiger partial charge in [0.15, 0.2) is 0 Å². The van der Waals surface area contributed by atoms with Crippen molar-refractivity contribution < 1.29 is 0 Å². The van der Waals surface area contributed by atoms with Crippen molar-refractivity contribution in [3.8, 4) is 11.1 Å². The Kier molecular flexibility index (Phi) is 9.57. The summed E-state index contributed by atoms with van der Waals surface area (Å²) in [7, 11) is 0. The Labute approximate surface area is 171 Å². The Morgan fingerprint density at radius 3 is 1.78 bits per heavy atom. The van der Waals surface area contributed by atoms with Crippen LogP contribution < -0.4 is 0 Å². The molecule has 0 amide bonds. The summed E-state index contributed by atoms with van der Waals surface area (Å²) in [6.07, 6.45) is 0. The third-order valence-electron chi connectivity index (χ3n) is 2.19. The second kappa shape index (κ2) is 8.79. The molecule has 0 fully saturated rings. The van der Waals surface area contributed by atoms with Gasteiger partial charge >= 0.3 is 59.1 Å². The molecule has 6 heteroatoms. The van der Waals surface area contributed by atoms with Gasteiger partial charge < -0.3 is 0 Å². The van der Waals surface area contributed by atoms with Gasteiger partial charge in [-0.15, -0.1) is 0 Å². The van der Waals surface area contributed by atoms with E-state index in [2.05, 4.69) is 0 Å². The van der Waals surface area contributed by atoms with E-state index < -0.39 is 0 Å². The minimum atomic E-state index is 0. The molecule has 2 aromatic rings. The molecule has 0 radical (unpaired) electrons. The molecule has 0 nitrogen and oxygen atoms in total. The third-order valence-corrected chi connectivity index (χ3v) is 3.94. The monoisotopic (exact) mass is 338 g/mol. The molecule has 0 heterocycles.